The molecule has 0 atom stereocenters. The van der Waals surface area contributed by atoms with E-state index in [1.807, 2.05) is 20.8 Å². The van der Waals surface area contributed by atoms with Gasteiger partial charge in [-0.15, -0.1) is 0 Å². The van der Waals surface area contributed by atoms with Crippen LogP contribution in [-0.4, -0.2) is 31.7 Å². The third-order valence-electron chi connectivity index (χ3n) is 2.95. The zero-order valence-electron chi connectivity index (χ0n) is 11.4. The Balaban J connectivity index is 3.05. The Morgan fingerprint density at radius 1 is 1.33 bits per heavy atom. The van der Waals surface area contributed by atoms with Gasteiger partial charge in [0.1, 0.15) is 0 Å². The highest BCUT2D eigenvalue weighted by molar-refractivity contribution is 7.89. The Morgan fingerprint density at radius 3 is 2.44 bits per heavy atom. The first kappa shape index (κ1) is 15.1. The Bertz CT molecular complexity index is 477. The summed E-state index contributed by atoms with van der Waals surface area (Å²) in [5.41, 5.74) is 1.46. The molecule has 1 aromatic rings. The molecule has 6 nitrogen and oxygen atoms in total. The van der Waals surface area contributed by atoms with Crippen LogP contribution in [0, 0.1) is 6.92 Å². The van der Waals surface area contributed by atoms with E-state index in [1.165, 1.54) is 0 Å². The standard InChI is InChI=1S/C11H22N4O2S/c1-5-9(6-2)15-18(16,17)11-10(7-12-4)8(3)13-14-11/h9,12,15H,5-7H2,1-4H3,(H,13,14). The molecular weight excluding hydrogens is 252 g/mol. The van der Waals surface area contributed by atoms with Gasteiger partial charge in [0, 0.05) is 23.8 Å². The highest BCUT2D eigenvalue weighted by Crippen LogP contribution is 2.16. The van der Waals surface area contributed by atoms with Gasteiger partial charge >= 0.3 is 0 Å². The maximum absolute atomic E-state index is 12.2. The molecule has 0 saturated carbocycles. The Morgan fingerprint density at radius 2 is 1.94 bits per heavy atom. The molecule has 0 aromatic carbocycles. The highest BCUT2D eigenvalue weighted by atomic mass is 32.2. The summed E-state index contributed by atoms with van der Waals surface area (Å²) in [6.45, 7) is 6.21. The van der Waals surface area contributed by atoms with Gasteiger partial charge in [-0.3, -0.25) is 5.10 Å². The van der Waals surface area contributed by atoms with Crippen LogP contribution < -0.4 is 10.0 Å². The van der Waals surface area contributed by atoms with Crippen LogP contribution in [0.2, 0.25) is 0 Å². The summed E-state index contributed by atoms with van der Waals surface area (Å²) in [6.07, 6.45) is 1.53. The second kappa shape index (κ2) is 6.31. The molecule has 0 radical (unpaired) electrons. The maximum Gasteiger partial charge on any atom is 0.260 e. The van der Waals surface area contributed by atoms with E-state index in [-0.39, 0.29) is 11.1 Å². The lowest BCUT2D eigenvalue weighted by Gasteiger charge is -2.14. The fourth-order valence-electron chi connectivity index (χ4n) is 1.77. The minimum absolute atomic E-state index is 0.0468. The fraction of sp³-hybridized carbons (Fsp3) is 0.727. The number of aromatic amines is 1. The molecular formula is C11H22N4O2S. The van der Waals surface area contributed by atoms with Crippen molar-refractivity contribution >= 4 is 10.0 Å². The number of aryl methyl sites for hydroxylation is 1. The average molecular weight is 274 g/mol. The lowest BCUT2D eigenvalue weighted by molar-refractivity contribution is 0.526. The molecule has 18 heavy (non-hydrogen) atoms. The first-order chi connectivity index (χ1) is 8.46. The second-order valence-corrected chi connectivity index (χ2v) is 5.93. The van der Waals surface area contributed by atoms with Crippen LogP contribution in [0.5, 0.6) is 0 Å². The predicted molar refractivity (Wildman–Crippen MR) is 70.8 cm³/mol. The maximum atomic E-state index is 12.2. The molecule has 7 heteroatoms. The number of rotatable bonds is 7. The number of nitrogens with one attached hydrogen (secondary N) is 3. The Hall–Kier alpha value is -0.920. The van der Waals surface area contributed by atoms with Crippen molar-refractivity contribution in [2.45, 2.75) is 51.2 Å². The molecule has 0 aliphatic carbocycles. The van der Waals surface area contributed by atoms with Crippen molar-refractivity contribution in [1.29, 1.82) is 0 Å². The summed E-state index contributed by atoms with van der Waals surface area (Å²) in [4.78, 5) is 0. The van der Waals surface area contributed by atoms with Gasteiger partial charge in [0.25, 0.3) is 10.0 Å². The van der Waals surface area contributed by atoms with E-state index in [9.17, 15) is 8.42 Å². The summed E-state index contributed by atoms with van der Waals surface area (Å²) in [5, 5.41) is 9.69. The van der Waals surface area contributed by atoms with E-state index in [0.29, 0.717) is 12.1 Å². The van der Waals surface area contributed by atoms with Crippen molar-refractivity contribution in [3.05, 3.63) is 11.3 Å². The summed E-state index contributed by atoms with van der Waals surface area (Å²) < 4.78 is 27.2. The average Bonchev–Trinajstić information content (AvgIpc) is 2.69. The quantitative estimate of drug-likeness (QED) is 0.689. The van der Waals surface area contributed by atoms with Crippen molar-refractivity contribution in [3.63, 3.8) is 0 Å². The number of aromatic nitrogens is 2. The summed E-state index contributed by atoms with van der Waals surface area (Å²) >= 11 is 0. The molecule has 0 amide bonds. The van der Waals surface area contributed by atoms with Crippen molar-refractivity contribution in [3.8, 4) is 0 Å². The first-order valence-electron chi connectivity index (χ1n) is 6.17. The molecule has 0 saturated heterocycles. The lowest BCUT2D eigenvalue weighted by atomic mass is 10.2. The van der Waals surface area contributed by atoms with E-state index in [4.69, 9.17) is 0 Å². The molecule has 1 rings (SSSR count). The Labute approximate surface area is 109 Å². The second-order valence-electron chi connectivity index (χ2n) is 4.30. The molecule has 0 spiro atoms. The molecule has 0 fully saturated rings. The van der Waals surface area contributed by atoms with Crippen LogP contribution in [0.4, 0.5) is 0 Å². The molecule has 0 unspecified atom stereocenters. The van der Waals surface area contributed by atoms with E-state index >= 15 is 0 Å². The van der Waals surface area contributed by atoms with Crippen LogP contribution in [0.1, 0.15) is 37.9 Å². The minimum Gasteiger partial charge on any atom is -0.316 e. The van der Waals surface area contributed by atoms with Gasteiger partial charge in [-0.05, 0) is 26.8 Å². The van der Waals surface area contributed by atoms with Crippen molar-refractivity contribution in [2.24, 2.45) is 0 Å². The zero-order chi connectivity index (χ0) is 13.8. The van der Waals surface area contributed by atoms with Crippen molar-refractivity contribution in [1.82, 2.24) is 20.2 Å². The van der Waals surface area contributed by atoms with Gasteiger partial charge in [0.2, 0.25) is 0 Å². The van der Waals surface area contributed by atoms with Crippen molar-refractivity contribution < 1.29 is 8.42 Å². The largest absolute Gasteiger partial charge is 0.316 e. The van der Waals surface area contributed by atoms with Crippen LogP contribution in [0.25, 0.3) is 0 Å². The lowest BCUT2D eigenvalue weighted by Crippen LogP contribution is -2.34. The SMILES string of the molecule is CCC(CC)NS(=O)(=O)c1n[nH]c(C)c1CNC. The molecule has 1 heterocycles. The third kappa shape index (κ3) is 3.30. The van der Waals surface area contributed by atoms with Crippen LogP contribution >= 0.6 is 0 Å². The predicted octanol–water partition coefficient (Wildman–Crippen LogP) is 0.904. The van der Waals surface area contributed by atoms with E-state index in [2.05, 4.69) is 20.2 Å². The molecule has 3 N–H and O–H groups in total. The van der Waals surface area contributed by atoms with Gasteiger partial charge in [-0.1, -0.05) is 13.8 Å². The number of hydrogen-bond acceptors (Lipinski definition) is 4. The zero-order valence-corrected chi connectivity index (χ0v) is 12.2. The summed E-state index contributed by atoms with van der Waals surface area (Å²) in [6, 6.07) is -0.0468. The fourth-order valence-corrected chi connectivity index (χ4v) is 3.37. The van der Waals surface area contributed by atoms with Crippen LogP contribution in [-0.2, 0) is 16.6 Å². The third-order valence-corrected chi connectivity index (χ3v) is 4.44. The van der Waals surface area contributed by atoms with Gasteiger partial charge in [0.15, 0.2) is 5.03 Å². The molecule has 0 bridgehead atoms. The van der Waals surface area contributed by atoms with Gasteiger partial charge < -0.3 is 5.32 Å². The number of H-pyrrole nitrogens is 1. The van der Waals surface area contributed by atoms with E-state index in [1.54, 1.807) is 7.05 Å². The van der Waals surface area contributed by atoms with Gasteiger partial charge in [-0.25, -0.2) is 13.1 Å². The summed E-state index contributed by atoms with van der Waals surface area (Å²) in [7, 11) is -1.77. The number of nitrogens with zero attached hydrogens (tertiary/aromatic N) is 1. The van der Waals surface area contributed by atoms with Crippen LogP contribution in [0.15, 0.2) is 5.03 Å². The van der Waals surface area contributed by atoms with Gasteiger partial charge in [-0.2, -0.15) is 5.10 Å². The van der Waals surface area contributed by atoms with E-state index in [0.717, 1.165) is 18.5 Å². The summed E-state index contributed by atoms with van der Waals surface area (Å²) in [5.74, 6) is 0. The molecule has 0 aliphatic rings. The first-order valence-corrected chi connectivity index (χ1v) is 7.65. The molecule has 1 aromatic heterocycles. The number of hydrogen-bond donors (Lipinski definition) is 3. The highest BCUT2D eigenvalue weighted by Gasteiger charge is 2.25. The van der Waals surface area contributed by atoms with Gasteiger partial charge in [0.05, 0.1) is 0 Å². The number of sulfonamides is 1. The Kier molecular flexibility index (Phi) is 5.30. The monoisotopic (exact) mass is 274 g/mol. The van der Waals surface area contributed by atoms with Crippen LogP contribution in [0.3, 0.4) is 0 Å². The minimum atomic E-state index is -3.55. The van der Waals surface area contributed by atoms with Crippen molar-refractivity contribution in [2.75, 3.05) is 7.05 Å². The normalized spacial score (nSPS) is 12.3. The smallest absolute Gasteiger partial charge is 0.260 e. The molecule has 104 valence electrons. The van der Waals surface area contributed by atoms with E-state index < -0.39 is 10.0 Å². The molecule has 0 aliphatic heterocycles. The topological polar surface area (TPSA) is 86.9 Å².